The Balaban J connectivity index is 1.68. The quantitative estimate of drug-likeness (QED) is 0.617. The molecule has 1 aromatic heterocycles. The Kier molecular flexibility index (Phi) is 5.55. The fraction of sp³-hybridized carbons (Fsp3) is 0.643. The highest BCUT2D eigenvalue weighted by atomic mass is 32.2. The van der Waals surface area contributed by atoms with E-state index in [0.717, 1.165) is 0 Å². The Morgan fingerprint density at radius 2 is 1.73 bits per heavy atom. The van der Waals surface area contributed by atoms with Gasteiger partial charge in [0.15, 0.2) is 5.69 Å². The molecule has 2 N–H and O–H groups in total. The van der Waals surface area contributed by atoms with Crippen molar-refractivity contribution in [2.75, 3.05) is 70.2 Å². The number of ether oxygens (including phenoxy) is 2. The summed E-state index contributed by atoms with van der Waals surface area (Å²) in [7, 11) is -2.24. The predicted octanol–water partition coefficient (Wildman–Crippen LogP) is -1.46. The van der Waals surface area contributed by atoms with Crippen LogP contribution in [0.15, 0.2) is 6.07 Å². The molecule has 0 radical (unpaired) electrons. The second kappa shape index (κ2) is 7.70. The molecule has 3 heterocycles. The number of carbonyl (C=O) groups is 1. The highest BCUT2D eigenvalue weighted by Gasteiger charge is 2.33. The molecule has 0 aromatic carbocycles. The van der Waals surface area contributed by atoms with Crippen molar-refractivity contribution in [3.8, 4) is 0 Å². The van der Waals surface area contributed by atoms with E-state index in [4.69, 9.17) is 10.5 Å². The molecular weight excluding hydrogens is 364 g/mol. The van der Waals surface area contributed by atoms with Crippen LogP contribution in [0.2, 0.25) is 0 Å². The zero-order valence-electron chi connectivity index (χ0n) is 14.5. The Morgan fingerprint density at radius 1 is 1.12 bits per heavy atom. The Hall–Kier alpha value is -2.02. The van der Waals surface area contributed by atoms with Crippen molar-refractivity contribution in [2.24, 2.45) is 0 Å². The van der Waals surface area contributed by atoms with Crippen LogP contribution in [-0.2, 0) is 19.7 Å². The zero-order chi connectivity index (χ0) is 18.7. The lowest BCUT2D eigenvalue weighted by Gasteiger charge is -2.37. The van der Waals surface area contributed by atoms with Crippen LogP contribution < -0.4 is 10.6 Å². The van der Waals surface area contributed by atoms with E-state index in [-0.39, 0.29) is 17.5 Å². The van der Waals surface area contributed by atoms with Gasteiger partial charge in [-0.3, -0.25) is 0 Å². The van der Waals surface area contributed by atoms with Crippen molar-refractivity contribution in [3.63, 3.8) is 0 Å². The van der Waals surface area contributed by atoms with Gasteiger partial charge in [0, 0.05) is 45.3 Å². The van der Waals surface area contributed by atoms with E-state index in [0.29, 0.717) is 52.5 Å². The highest BCUT2D eigenvalue weighted by molar-refractivity contribution is 7.86. The molecule has 0 saturated carbocycles. The maximum atomic E-state index is 12.7. The van der Waals surface area contributed by atoms with Gasteiger partial charge in [-0.05, 0) is 0 Å². The maximum absolute atomic E-state index is 12.7. The average molecular weight is 386 g/mol. The summed E-state index contributed by atoms with van der Waals surface area (Å²) in [6.45, 7) is 2.93. The van der Waals surface area contributed by atoms with Gasteiger partial charge in [-0.25, -0.2) is 9.78 Å². The van der Waals surface area contributed by atoms with Crippen LogP contribution in [-0.4, -0.2) is 92.6 Å². The third kappa shape index (κ3) is 3.87. The fourth-order valence-corrected chi connectivity index (χ4v) is 4.42. The van der Waals surface area contributed by atoms with Crippen molar-refractivity contribution in [1.29, 1.82) is 0 Å². The standard InChI is InChI=1S/C14H22N6O5S/c1-24-13(21)11-10-12(15)17-14(16-11)18-2-4-19(5-3-18)26(22,23)20-6-8-25-9-7-20/h10H,2-9H2,1H3,(H2,15,16,17). The fourth-order valence-electron chi connectivity index (χ4n) is 2.86. The first kappa shape index (κ1) is 18.8. The van der Waals surface area contributed by atoms with E-state index in [1.165, 1.54) is 21.8 Å². The summed E-state index contributed by atoms with van der Waals surface area (Å²) in [5, 5.41) is 0. The maximum Gasteiger partial charge on any atom is 0.356 e. The monoisotopic (exact) mass is 386 g/mol. The van der Waals surface area contributed by atoms with Crippen LogP contribution in [0.3, 0.4) is 0 Å². The normalized spacial score (nSPS) is 20.1. The van der Waals surface area contributed by atoms with Crippen molar-refractivity contribution in [1.82, 2.24) is 18.6 Å². The number of rotatable bonds is 4. The SMILES string of the molecule is COC(=O)c1cc(N)nc(N2CCN(S(=O)(=O)N3CCOCC3)CC2)n1. The summed E-state index contributed by atoms with van der Waals surface area (Å²) in [5.74, 6) is -0.165. The zero-order valence-corrected chi connectivity index (χ0v) is 15.3. The minimum Gasteiger partial charge on any atom is -0.464 e. The molecule has 0 spiro atoms. The van der Waals surface area contributed by atoms with Crippen LogP contribution in [0.5, 0.6) is 0 Å². The number of anilines is 2. The first-order chi connectivity index (χ1) is 12.4. The highest BCUT2D eigenvalue weighted by Crippen LogP contribution is 2.18. The number of aromatic nitrogens is 2. The lowest BCUT2D eigenvalue weighted by molar-refractivity contribution is 0.0594. The lowest BCUT2D eigenvalue weighted by atomic mass is 10.3. The number of hydrogen-bond donors (Lipinski definition) is 1. The lowest BCUT2D eigenvalue weighted by Crippen LogP contribution is -2.55. The molecule has 12 heteroatoms. The number of methoxy groups -OCH3 is 1. The topological polar surface area (TPSA) is 131 Å². The molecule has 1 aromatic rings. The van der Waals surface area contributed by atoms with Gasteiger partial charge in [0.25, 0.3) is 10.2 Å². The van der Waals surface area contributed by atoms with Gasteiger partial charge in [-0.1, -0.05) is 0 Å². The number of esters is 1. The van der Waals surface area contributed by atoms with Crippen LogP contribution in [0.1, 0.15) is 10.5 Å². The van der Waals surface area contributed by atoms with Crippen molar-refractivity contribution in [3.05, 3.63) is 11.8 Å². The molecule has 26 heavy (non-hydrogen) atoms. The molecule has 0 amide bonds. The molecule has 0 aliphatic carbocycles. The van der Waals surface area contributed by atoms with Crippen LogP contribution in [0, 0.1) is 0 Å². The summed E-state index contributed by atoms with van der Waals surface area (Å²) in [6.07, 6.45) is 0. The molecule has 11 nitrogen and oxygen atoms in total. The van der Waals surface area contributed by atoms with E-state index < -0.39 is 16.2 Å². The molecule has 2 aliphatic heterocycles. The van der Waals surface area contributed by atoms with Gasteiger partial charge in [-0.15, -0.1) is 0 Å². The molecule has 2 saturated heterocycles. The molecule has 144 valence electrons. The number of carbonyl (C=O) groups excluding carboxylic acids is 1. The summed E-state index contributed by atoms with van der Waals surface area (Å²) < 4.78 is 38.1. The summed E-state index contributed by atoms with van der Waals surface area (Å²) in [4.78, 5) is 21.8. The minimum atomic E-state index is -3.50. The number of morpholine rings is 1. The van der Waals surface area contributed by atoms with Gasteiger partial charge < -0.3 is 20.1 Å². The summed E-state index contributed by atoms with van der Waals surface area (Å²) in [5.41, 5.74) is 5.81. The van der Waals surface area contributed by atoms with E-state index in [2.05, 4.69) is 14.7 Å². The van der Waals surface area contributed by atoms with Crippen molar-refractivity contribution < 1.29 is 22.7 Å². The smallest absolute Gasteiger partial charge is 0.356 e. The largest absolute Gasteiger partial charge is 0.464 e. The first-order valence-electron chi connectivity index (χ1n) is 8.22. The third-order valence-corrected chi connectivity index (χ3v) is 6.31. The Morgan fingerprint density at radius 3 is 2.35 bits per heavy atom. The Labute approximate surface area is 151 Å². The molecule has 0 unspecified atom stereocenters. The first-order valence-corrected chi connectivity index (χ1v) is 9.62. The van der Waals surface area contributed by atoms with E-state index in [9.17, 15) is 13.2 Å². The Bertz CT molecular complexity index is 759. The van der Waals surface area contributed by atoms with Crippen molar-refractivity contribution >= 4 is 27.9 Å². The number of nitrogens with zero attached hydrogens (tertiary/aromatic N) is 5. The molecule has 2 aliphatic rings. The molecule has 0 atom stereocenters. The number of nitrogens with two attached hydrogens (primary N) is 1. The van der Waals surface area contributed by atoms with Gasteiger partial charge in [0.2, 0.25) is 5.95 Å². The van der Waals surface area contributed by atoms with Gasteiger partial charge in [0.1, 0.15) is 5.82 Å². The molecular formula is C14H22N6O5S. The number of hydrogen-bond acceptors (Lipinski definition) is 9. The molecule has 2 fully saturated rings. The van der Waals surface area contributed by atoms with E-state index >= 15 is 0 Å². The second-order valence-corrected chi connectivity index (χ2v) is 7.80. The van der Waals surface area contributed by atoms with E-state index in [1.54, 1.807) is 4.90 Å². The van der Waals surface area contributed by atoms with Gasteiger partial charge in [-0.2, -0.15) is 22.0 Å². The molecule has 0 bridgehead atoms. The second-order valence-electron chi connectivity index (χ2n) is 5.87. The minimum absolute atomic E-state index is 0.0679. The predicted molar refractivity (Wildman–Crippen MR) is 92.9 cm³/mol. The van der Waals surface area contributed by atoms with Gasteiger partial charge in [0.05, 0.1) is 20.3 Å². The molecule has 3 rings (SSSR count). The van der Waals surface area contributed by atoms with Crippen molar-refractivity contribution in [2.45, 2.75) is 0 Å². The third-order valence-electron chi connectivity index (χ3n) is 4.27. The van der Waals surface area contributed by atoms with Crippen LogP contribution in [0.25, 0.3) is 0 Å². The number of piperazine rings is 1. The van der Waals surface area contributed by atoms with Crippen LogP contribution >= 0.6 is 0 Å². The average Bonchev–Trinajstić information content (AvgIpc) is 2.67. The summed E-state index contributed by atoms with van der Waals surface area (Å²) >= 11 is 0. The van der Waals surface area contributed by atoms with E-state index in [1.807, 2.05) is 0 Å². The summed E-state index contributed by atoms with van der Waals surface area (Å²) in [6, 6.07) is 1.34. The van der Waals surface area contributed by atoms with Crippen LogP contribution in [0.4, 0.5) is 11.8 Å². The number of nitrogen functional groups attached to an aromatic ring is 1. The van der Waals surface area contributed by atoms with Gasteiger partial charge >= 0.3 is 5.97 Å².